The number of halogens is 1. The van der Waals surface area contributed by atoms with Crippen LogP contribution >= 0.6 is 23.4 Å². The standard InChI is InChI=1S/C17H13ClO3S/c18-16-13-7-3-4-8-14(13)21-17(16)12-6-2-1-5-11(12)9-22-10-15(19)20/h1-8H,9-10H2,(H,19,20). The minimum absolute atomic E-state index is 0.0716. The van der Waals surface area contributed by atoms with Gasteiger partial charge in [0.1, 0.15) is 5.58 Å². The van der Waals surface area contributed by atoms with Crippen LogP contribution in [0.3, 0.4) is 0 Å². The molecule has 0 saturated heterocycles. The fraction of sp³-hybridized carbons (Fsp3) is 0.118. The number of benzene rings is 2. The minimum Gasteiger partial charge on any atom is -0.481 e. The van der Waals surface area contributed by atoms with Gasteiger partial charge in [-0.15, -0.1) is 11.8 Å². The van der Waals surface area contributed by atoms with Crippen LogP contribution in [0.4, 0.5) is 0 Å². The second kappa shape index (κ2) is 6.46. The van der Waals surface area contributed by atoms with E-state index < -0.39 is 5.97 Å². The number of rotatable bonds is 5. The topological polar surface area (TPSA) is 50.4 Å². The van der Waals surface area contributed by atoms with Crippen molar-refractivity contribution in [3.63, 3.8) is 0 Å². The molecule has 0 aliphatic rings. The maximum atomic E-state index is 10.7. The average Bonchev–Trinajstić information content (AvgIpc) is 2.85. The van der Waals surface area contributed by atoms with Crippen LogP contribution in [0.1, 0.15) is 5.56 Å². The van der Waals surface area contributed by atoms with Crippen LogP contribution in [0, 0.1) is 0 Å². The van der Waals surface area contributed by atoms with Crippen LogP contribution in [0.25, 0.3) is 22.3 Å². The van der Waals surface area contributed by atoms with Crippen molar-refractivity contribution < 1.29 is 14.3 Å². The van der Waals surface area contributed by atoms with Crippen molar-refractivity contribution >= 4 is 40.3 Å². The highest BCUT2D eigenvalue weighted by atomic mass is 35.5. The summed E-state index contributed by atoms with van der Waals surface area (Å²) in [5.74, 6) is 0.483. The highest BCUT2D eigenvalue weighted by molar-refractivity contribution is 7.99. The van der Waals surface area contributed by atoms with E-state index in [1.165, 1.54) is 11.8 Å². The van der Waals surface area contributed by atoms with E-state index in [0.29, 0.717) is 16.5 Å². The molecule has 112 valence electrons. The summed E-state index contributed by atoms with van der Waals surface area (Å²) in [6, 6.07) is 15.4. The van der Waals surface area contributed by atoms with Crippen molar-refractivity contribution in [2.24, 2.45) is 0 Å². The van der Waals surface area contributed by atoms with Gasteiger partial charge in [-0.25, -0.2) is 0 Å². The summed E-state index contributed by atoms with van der Waals surface area (Å²) in [5, 5.41) is 10.2. The molecule has 0 aliphatic carbocycles. The summed E-state index contributed by atoms with van der Waals surface area (Å²) in [6.45, 7) is 0. The number of fused-ring (bicyclic) bond motifs is 1. The first-order valence-corrected chi connectivity index (χ1v) is 8.25. The van der Waals surface area contributed by atoms with Crippen LogP contribution in [0.2, 0.25) is 5.02 Å². The average molecular weight is 333 g/mol. The highest BCUT2D eigenvalue weighted by Crippen LogP contribution is 2.39. The third-order valence-electron chi connectivity index (χ3n) is 3.28. The van der Waals surface area contributed by atoms with Crippen molar-refractivity contribution in [2.45, 2.75) is 5.75 Å². The van der Waals surface area contributed by atoms with Crippen LogP contribution in [0.5, 0.6) is 0 Å². The lowest BCUT2D eigenvalue weighted by Gasteiger charge is -2.07. The smallest absolute Gasteiger partial charge is 0.313 e. The number of carboxylic acids is 1. The van der Waals surface area contributed by atoms with Crippen LogP contribution in [0.15, 0.2) is 52.9 Å². The lowest BCUT2D eigenvalue weighted by atomic mass is 10.1. The normalized spacial score (nSPS) is 11.0. The molecule has 3 aromatic rings. The van der Waals surface area contributed by atoms with Gasteiger partial charge in [-0.2, -0.15) is 0 Å². The van der Waals surface area contributed by atoms with Crippen molar-refractivity contribution in [2.75, 3.05) is 5.75 Å². The Morgan fingerprint density at radius 2 is 1.86 bits per heavy atom. The van der Waals surface area contributed by atoms with Gasteiger partial charge in [0.25, 0.3) is 0 Å². The molecule has 22 heavy (non-hydrogen) atoms. The Morgan fingerprint density at radius 3 is 2.64 bits per heavy atom. The number of thioether (sulfide) groups is 1. The maximum absolute atomic E-state index is 10.7. The Bertz CT molecular complexity index is 826. The van der Waals surface area contributed by atoms with E-state index in [9.17, 15) is 4.79 Å². The first kappa shape index (κ1) is 15.0. The van der Waals surface area contributed by atoms with Gasteiger partial charge < -0.3 is 9.52 Å². The molecular formula is C17H13ClO3S. The number of aliphatic carboxylic acids is 1. The van der Waals surface area contributed by atoms with Gasteiger partial charge in [-0.3, -0.25) is 4.79 Å². The van der Waals surface area contributed by atoms with E-state index in [4.69, 9.17) is 21.1 Å². The molecule has 5 heteroatoms. The summed E-state index contributed by atoms with van der Waals surface area (Å²) in [4.78, 5) is 10.7. The molecule has 3 rings (SSSR count). The number of hydrogen-bond donors (Lipinski definition) is 1. The summed E-state index contributed by atoms with van der Waals surface area (Å²) in [6.07, 6.45) is 0. The predicted molar refractivity (Wildman–Crippen MR) is 90.5 cm³/mol. The van der Waals surface area contributed by atoms with Gasteiger partial charge in [0.05, 0.1) is 10.8 Å². The van der Waals surface area contributed by atoms with Gasteiger partial charge in [-0.1, -0.05) is 48.0 Å². The number of furan rings is 1. The van der Waals surface area contributed by atoms with Crippen LogP contribution < -0.4 is 0 Å². The second-order valence-electron chi connectivity index (χ2n) is 4.79. The zero-order valence-corrected chi connectivity index (χ0v) is 13.2. The summed E-state index contributed by atoms with van der Waals surface area (Å²) < 4.78 is 5.90. The monoisotopic (exact) mass is 332 g/mol. The van der Waals surface area contributed by atoms with E-state index in [1.807, 2.05) is 48.5 Å². The predicted octanol–water partition coefficient (Wildman–Crippen LogP) is 5.07. The lowest BCUT2D eigenvalue weighted by molar-refractivity contribution is -0.133. The van der Waals surface area contributed by atoms with Crippen LogP contribution in [-0.2, 0) is 10.5 Å². The Morgan fingerprint density at radius 1 is 1.14 bits per heavy atom. The first-order chi connectivity index (χ1) is 10.7. The second-order valence-corrected chi connectivity index (χ2v) is 6.15. The SMILES string of the molecule is O=C(O)CSCc1ccccc1-c1oc2ccccc2c1Cl. The fourth-order valence-corrected chi connectivity index (χ4v) is 3.35. The molecule has 0 unspecified atom stereocenters. The summed E-state index contributed by atoms with van der Waals surface area (Å²) >= 11 is 7.81. The Labute approximate surface area is 136 Å². The molecule has 0 atom stereocenters. The Balaban J connectivity index is 1.99. The number of para-hydroxylation sites is 1. The molecule has 0 bridgehead atoms. The van der Waals surface area contributed by atoms with Crippen molar-refractivity contribution in [3.8, 4) is 11.3 Å². The number of carboxylic acid groups (broad SMARTS) is 1. The molecule has 0 amide bonds. The molecular weight excluding hydrogens is 320 g/mol. The van der Waals surface area contributed by atoms with Gasteiger partial charge in [0, 0.05) is 16.7 Å². The zero-order chi connectivity index (χ0) is 15.5. The molecule has 1 N–H and O–H groups in total. The maximum Gasteiger partial charge on any atom is 0.313 e. The molecule has 0 fully saturated rings. The van der Waals surface area contributed by atoms with E-state index >= 15 is 0 Å². The molecule has 0 radical (unpaired) electrons. The van der Waals surface area contributed by atoms with Gasteiger partial charge >= 0.3 is 5.97 Å². The molecule has 1 heterocycles. The third-order valence-corrected chi connectivity index (χ3v) is 4.62. The van der Waals surface area contributed by atoms with Crippen molar-refractivity contribution in [1.29, 1.82) is 0 Å². The minimum atomic E-state index is -0.816. The van der Waals surface area contributed by atoms with E-state index in [-0.39, 0.29) is 5.75 Å². The molecule has 0 spiro atoms. The van der Waals surface area contributed by atoms with Crippen molar-refractivity contribution in [1.82, 2.24) is 0 Å². The van der Waals surface area contributed by atoms with Gasteiger partial charge in [-0.05, 0) is 17.7 Å². The zero-order valence-electron chi connectivity index (χ0n) is 11.6. The lowest BCUT2D eigenvalue weighted by Crippen LogP contribution is -1.98. The van der Waals surface area contributed by atoms with Crippen LogP contribution in [-0.4, -0.2) is 16.8 Å². The van der Waals surface area contributed by atoms with Crippen molar-refractivity contribution in [3.05, 3.63) is 59.1 Å². The van der Waals surface area contributed by atoms with E-state index in [1.54, 1.807) is 0 Å². The van der Waals surface area contributed by atoms with E-state index in [0.717, 1.165) is 22.1 Å². The third kappa shape index (κ3) is 2.98. The summed E-state index contributed by atoms with van der Waals surface area (Å²) in [5.41, 5.74) is 2.66. The molecule has 2 aromatic carbocycles. The largest absolute Gasteiger partial charge is 0.481 e. The van der Waals surface area contributed by atoms with Gasteiger partial charge in [0.15, 0.2) is 5.76 Å². The summed E-state index contributed by atoms with van der Waals surface area (Å²) in [7, 11) is 0. The van der Waals surface area contributed by atoms with Gasteiger partial charge in [0.2, 0.25) is 0 Å². The number of hydrogen-bond acceptors (Lipinski definition) is 3. The molecule has 0 aliphatic heterocycles. The number of carbonyl (C=O) groups is 1. The Hall–Kier alpha value is -1.91. The molecule has 0 saturated carbocycles. The van der Waals surface area contributed by atoms with E-state index in [2.05, 4.69) is 0 Å². The quantitative estimate of drug-likeness (QED) is 0.708. The fourth-order valence-electron chi connectivity index (χ4n) is 2.30. The molecule has 1 aromatic heterocycles. The molecule has 3 nitrogen and oxygen atoms in total. The highest BCUT2D eigenvalue weighted by Gasteiger charge is 2.16. The first-order valence-electron chi connectivity index (χ1n) is 6.71. The Kier molecular flexibility index (Phi) is 4.41.